The molecule has 0 bridgehead atoms. The summed E-state index contributed by atoms with van der Waals surface area (Å²) in [6, 6.07) is 5.82. The molecule has 1 aromatic carbocycles. The average molecular weight is 302 g/mol. The standard InChI is InChI=1S/C15H16ClN5/c1-19-4-6-20(7-5-19)15-18-13-3-2-11(16)8-12(13)14-9-17-10-21(14)15/h2-3,8-10H,4-7H2,1H3. The van der Waals surface area contributed by atoms with Crippen molar-refractivity contribution in [3.8, 4) is 0 Å². The molecule has 0 atom stereocenters. The highest BCUT2D eigenvalue weighted by atomic mass is 35.5. The van der Waals surface area contributed by atoms with Crippen molar-refractivity contribution < 1.29 is 0 Å². The maximum absolute atomic E-state index is 6.12. The first-order chi connectivity index (χ1) is 10.2. The lowest BCUT2D eigenvalue weighted by Crippen LogP contribution is -2.45. The third-order valence-corrected chi connectivity index (χ3v) is 4.33. The summed E-state index contributed by atoms with van der Waals surface area (Å²) in [4.78, 5) is 13.8. The highest BCUT2D eigenvalue weighted by molar-refractivity contribution is 6.31. The van der Waals surface area contributed by atoms with Gasteiger partial charge in [-0.15, -0.1) is 0 Å². The van der Waals surface area contributed by atoms with Crippen LogP contribution in [0.15, 0.2) is 30.7 Å². The fraction of sp³-hybridized carbons (Fsp3) is 0.333. The third-order valence-electron chi connectivity index (χ3n) is 4.10. The zero-order valence-electron chi connectivity index (χ0n) is 11.8. The van der Waals surface area contributed by atoms with Crippen LogP contribution in [0, 0.1) is 0 Å². The highest BCUT2D eigenvalue weighted by Crippen LogP contribution is 2.26. The Morgan fingerprint density at radius 1 is 1.14 bits per heavy atom. The summed E-state index contributed by atoms with van der Waals surface area (Å²) < 4.78 is 2.06. The second-order valence-corrected chi connectivity index (χ2v) is 5.95. The lowest BCUT2D eigenvalue weighted by Gasteiger charge is -2.33. The number of hydrogen-bond acceptors (Lipinski definition) is 4. The number of piperazine rings is 1. The van der Waals surface area contributed by atoms with E-state index in [0.717, 1.165) is 53.6 Å². The summed E-state index contributed by atoms with van der Waals surface area (Å²) in [6.07, 6.45) is 3.70. The molecule has 0 saturated carbocycles. The molecule has 5 nitrogen and oxygen atoms in total. The molecule has 0 N–H and O–H groups in total. The van der Waals surface area contributed by atoms with Gasteiger partial charge in [-0.25, -0.2) is 9.97 Å². The van der Waals surface area contributed by atoms with Crippen molar-refractivity contribution in [1.29, 1.82) is 0 Å². The lowest BCUT2D eigenvalue weighted by atomic mass is 10.2. The van der Waals surface area contributed by atoms with Gasteiger partial charge in [0.05, 0.1) is 17.2 Å². The van der Waals surface area contributed by atoms with E-state index in [9.17, 15) is 0 Å². The Bertz CT molecular complexity index is 804. The number of hydrogen-bond donors (Lipinski definition) is 0. The summed E-state index contributed by atoms with van der Waals surface area (Å²) in [5, 5.41) is 1.76. The Kier molecular flexibility index (Phi) is 2.97. The van der Waals surface area contributed by atoms with E-state index in [1.165, 1.54) is 0 Å². The van der Waals surface area contributed by atoms with Gasteiger partial charge < -0.3 is 9.80 Å². The summed E-state index contributed by atoms with van der Waals surface area (Å²) >= 11 is 6.12. The molecular weight excluding hydrogens is 286 g/mol. The fourth-order valence-corrected chi connectivity index (χ4v) is 3.03. The molecule has 1 fully saturated rings. The van der Waals surface area contributed by atoms with E-state index in [0.29, 0.717) is 0 Å². The van der Waals surface area contributed by atoms with Crippen LogP contribution in [0.1, 0.15) is 0 Å². The zero-order valence-corrected chi connectivity index (χ0v) is 12.6. The second kappa shape index (κ2) is 4.86. The van der Waals surface area contributed by atoms with Crippen LogP contribution in [0.25, 0.3) is 16.4 Å². The number of likely N-dealkylation sites (N-methyl/N-ethyl adjacent to an activating group) is 1. The minimum Gasteiger partial charge on any atom is -0.339 e. The van der Waals surface area contributed by atoms with Gasteiger partial charge in [-0.3, -0.25) is 4.40 Å². The molecule has 2 aromatic heterocycles. The molecule has 0 radical (unpaired) electrons. The smallest absolute Gasteiger partial charge is 0.212 e. The first kappa shape index (κ1) is 12.9. The number of imidazole rings is 1. The molecule has 4 rings (SSSR count). The maximum atomic E-state index is 6.12. The van der Waals surface area contributed by atoms with Gasteiger partial charge >= 0.3 is 0 Å². The fourth-order valence-electron chi connectivity index (χ4n) is 2.86. The van der Waals surface area contributed by atoms with E-state index in [1.54, 1.807) is 0 Å². The van der Waals surface area contributed by atoms with Gasteiger partial charge in [-0.05, 0) is 25.2 Å². The van der Waals surface area contributed by atoms with Gasteiger partial charge in [0.2, 0.25) is 5.95 Å². The zero-order chi connectivity index (χ0) is 14.4. The van der Waals surface area contributed by atoms with Crippen LogP contribution in [0.3, 0.4) is 0 Å². The van der Waals surface area contributed by atoms with Crippen molar-refractivity contribution in [3.05, 3.63) is 35.7 Å². The first-order valence-electron chi connectivity index (χ1n) is 7.07. The summed E-state index contributed by atoms with van der Waals surface area (Å²) in [6.45, 7) is 4.07. The van der Waals surface area contributed by atoms with Gasteiger partial charge in [0.1, 0.15) is 6.33 Å². The predicted octanol–water partition coefficient (Wildman–Crippen LogP) is 2.29. The van der Waals surface area contributed by atoms with Crippen LogP contribution >= 0.6 is 11.6 Å². The van der Waals surface area contributed by atoms with E-state index in [2.05, 4.69) is 26.2 Å². The van der Waals surface area contributed by atoms with Gasteiger partial charge in [-0.2, -0.15) is 0 Å². The molecule has 0 amide bonds. The normalized spacial score (nSPS) is 17.0. The molecule has 21 heavy (non-hydrogen) atoms. The van der Waals surface area contributed by atoms with Gasteiger partial charge in [0, 0.05) is 36.6 Å². The Morgan fingerprint density at radius 2 is 1.95 bits per heavy atom. The molecule has 108 valence electrons. The molecule has 0 spiro atoms. The van der Waals surface area contributed by atoms with Crippen molar-refractivity contribution in [2.45, 2.75) is 0 Å². The largest absolute Gasteiger partial charge is 0.339 e. The molecule has 0 aliphatic carbocycles. The van der Waals surface area contributed by atoms with Crippen LogP contribution in [0.2, 0.25) is 5.02 Å². The van der Waals surface area contributed by atoms with Crippen molar-refractivity contribution in [3.63, 3.8) is 0 Å². The molecule has 1 saturated heterocycles. The quantitative estimate of drug-likeness (QED) is 0.691. The van der Waals surface area contributed by atoms with Crippen molar-refractivity contribution in [2.75, 3.05) is 38.1 Å². The summed E-state index contributed by atoms with van der Waals surface area (Å²) in [7, 11) is 2.15. The minimum atomic E-state index is 0.722. The minimum absolute atomic E-state index is 0.722. The third kappa shape index (κ3) is 2.13. The van der Waals surface area contributed by atoms with Gasteiger partial charge in [0.25, 0.3) is 0 Å². The lowest BCUT2D eigenvalue weighted by molar-refractivity contribution is 0.311. The monoisotopic (exact) mass is 301 g/mol. The number of halogens is 1. The number of anilines is 1. The van der Waals surface area contributed by atoms with Crippen LogP contribution in [-0.4, -0.2) is 52.5 Å². The predicted molar refractivity (Wildman–Crippen MR) is 85.2 cm³/mol. The Hall–Kier alpha value is -1.85. The molecule has 6 heteroatoms. The summed E-state index contributed by atoms with van der Waals surface area (Å²) in [5.41, 5.74) is 2.01. The summed E-state index contributed by atoms with van der Waals surface area (Å²) in [5.74, 6) is 0.963. The van der Waals surface area contributed by atoms with Crippen LogP contribution < -0.4 is 4.90 Å². The Labute approximate surface area is 127 Å². The number of nitrogens with zero attached hydrogens (tertiary/aromatic N) is 5. The molecule has 1 aliphatic heterocycles. The molecule has 0 unspecified atom stereocenters. The molecule has 3 heterocycles. The van der Waals surface area contributed by atoms with Crippen molar-refractivity contribution >= 4 is 34.0 Å². The van der Waals surface area contributed by atoms with E-state index in [4.69, 9.17) is 16.6 Å². The number of fused-ring (bicyclic) bond motifs is 3. The second-order valence-electron chi connectivity index (χ2n) is 5.51. The first-order valence-corrected chi connectivity index (χ1v) is 7.45. The van der Waals surface area contributed by atoms with Gasteiger partial charge in [0.15, 0.2) is 0 Å². The molecular formula is C15H16ClN5. The van der Waals surface area contributed by atoms with E-state index < -0.39 is 0 Å². The highest BCUT2D eigenvalue weighted by Gasteiger charge is 2.19. The average Bonchev–Trinajstić information content (AvgIpc) is 2.97. The number of rotatable bonds is 1. The number of benzene rings is 1. The van der Waals surface area contributed by atoms with E-state index in [1.807, 2.05) is 30.7 Å². The number of aromatic nitrogens is 3. The van der Waals surface area contributed by atoms with E-state index >= 15 is 0 Å². The Morgan fingerprint density at radius 3 is 2.76 bits per heavy atom. The SMILES string of the molecule is CN1CCN(c2nc3ccc(Cl)cc3c3cncn23)CC1. The Balaban J connectivity index is 1.91. The van der Waals surface area contributed by atoms with Crippen molar-refractivity contribution in [2.24, 2.45) is 0 Å². The van der Waals surface area contributed by atoms with Crippen LogP contribution in [0.4, 0.5) is 5.95 Å². The molecule has 1 aliphatic rings. The maximum Gasteiger partial charge on any atom is 0.212 e. The van der Waals surface area contributed by atoms with Crippen LogP contribution in [-0.2, 0) is 0 Å². The van der Waals surface area contributed by atoms with Gasteiger partial charge in [-0.1, -0.05) is 11.6 Å². The van der Waals surface area contributed by atoms with E-state index in [-0.39, 0.29) is 0 Å². The topological polar surface area (TPSA) is 36.7 Å². The van der Waals surface area contributed by atoms with Crippen molar-refractivity contribution in [1.82, 2.24) is 19.3 Å². The molecule has 3 aromatic rings. The van der Waals surface area contributed by atoms with Crippen LogP contribution in [0.5, 0.6) is 0 Å².